The minimum Gasteiger partial charge on any atom is -0.322 e. The maximum atomic E-state index is 13.1. The second-order valence-corrected chi connectivity index (χ2v) is 7.95. The van der Waals surface area contributed by atoms with Gasteiger partial charge < -0.3 is 10.2 Å². The molecule has 1 amide bonds. The molecule has 0 atom stereocenters. The van der Waals surface area contributed by atoms with Crippen molar-refractivity contribution in [3.63, 3.8) is 0 Å². The van der Waals surface area contributed by atoms with Crippen molar-refractivity contribution in [2.75, 3.05) is 38.5 Å². The average Bonchev–Trinajstić information content (AvgIpc) is 2.97. The molecule has 4 rings (SSSR count). The Morgan fingerprint density at radius 3 is 2.62 bits per heavy atom. The molecule has 1 N–H and O–H groups in total. The van der Waals surface area contributed by atoms with Crippen LogP contribution in [0.2, 0.25) is 0 Å². The number of rotatable bonds is 4. The molecule has 1 aromatic carbocycles. The van der Waals surface area contributed by atoms with E-state index in [1.165, 1.54) is 5.56 Å². The zero-order valence-corrected chi connectivity index (χ0v) is 17.6. The van der Waals surface area contributed by atoms with Crippen LogP contribution in [0.15, 0.2) is 30.3 Å². The fraction of sp³-hybridized carbons (Fsp3) is 0.409. The SMILES string of the molecule is Cc1cc(C(=O)Nc2cccc(CN3CCN(C)CC3)c2)c2c(C)nn(C)c2n1. The fourth-order valence-electron chi connectivity index (χ4n) is 3.96. The molecule has 1 aliphatic rings. The normalized spacial score (nSPS) is 15.7. The Morgan fingerprint density at radius 1 is 1.10 bits per heavy atom. The summed E-state index contributed by atoms with van der Waals surface area (Å²) in [7, 11) is 4.01. The van der Waals surface area contributed by atoms with E-state index in [1.807, 2.05) is 39.1 Å². The number of hydrogen-bond donors (Lipinski definition) is 1. The lowest BCUT2D eigenvalue weighted by atomic mass is 10.1. The van der Waals surface area contributed by atoms with Crippen molar-refractivity contribution < 1.29 is 4.79 Å². The molecular formula is C22H28N6O. The molecule has 1 fully saturated rings. The molecule has 0 spiro atoms. The number of likely N-dealkylation sites (N-methyl/N-ethyl adjacent to an activating group) is 1. The summed E-state index contributed by atoms with van der Waals surface area (Å²) in [5.41, 5.74) is 4.98. The third-order valence-corrected chi connectivity index (χ3v) is 5.53. The first-order valence-electron chi connectivity index (χ1n) is 10.0. The van der Waals surface area contributed by atoms with Gasteiger partial charge in [0.25, 0.3) is 5.91 Å². The van der Waals surface area contributed by atoms with Crippen molar-refractivity contribution in [3.05, 3.63) is 52.8 Å². The number of fused-ring (bicyclic) bond motifs is 1. The summed E-state index contributed by atoms with van der Waals surface area (Å²) in [5.74, 6) is -0.131. The number of anilines is 1. The van der Waals surface area contributed by atoms with Crippen LogP contribution in [0.1, 0.15) is 27.3 Å². The molecule has 0 unspecified atom stereocenters. The van der Waals surface area contributed by atoms with Gasteiger partial charge in [-0.25, -0.2) is 4.98 Å². The Kier molecular flexibility index (Phi) is 5.34. The number of nitrogens with one attached hydrogen (secondary N) is 1. The van der Waals surface area contributed by atoms with Gasteiger partial charge in [0, 0.05) is 51.2 Å². The largest absolute Gasteiger partial charge is 0.322 e. The zero-order chi connectivity index (χ0) is 20.5. The van der Waals surface area contributed by atoms with Crippen molar-refractivity contribution in [3.8, 4) is 0 Å². The van der Waals surface area contributed by atoms with Gasteiger partial charge in [-0.3, -0.25) is 14.4 Å². The molecule has 3 heterocycles. The molecule has 152 valence electrons. The molecule has 0 bridgehead atoms. The summed E-state index contributed by atoms with van der Waals surface area (Å²) < 4.78 is 1.73. The van der Waals surface area contributed by atoms with Crippen molar-refractivity contribution in [1.29, 1.82) is 0 Å². The van der Waals surface area contributed by atoms with Crippen LogP contribution in [0, 0.1) is 13.8 Å². The molecule has 7 nitrogen and oxygen atoms in total. The molecule has 7 heteroatoms. The van der Waals surface area contributed by atoms with E-state index < -0.39 is 0 Å². The second-order valence-electron chi connectivity index (χ2n) is 7.95. The van der Waals surface area contributed by atoms with Gasteiger partial charge in [0.15, 0.2) is 5.65 Å². The Labute approximate surface area is 171 Å². The van der Waals surface area contributed by atoms with E-state index in [4.69, 9.17) is 0 Å². The first-order valence-corrected chi connectivity index (χ1v) is 10.0. The van der Waals surface area contributed by atoms with Gasteiger partial charge in [0.1, 0.15) is 0 Å². The predicted molar refractivity (Wildman–Crippen MR) is 115 cm³/mol. The molecule has 1 aliphatic heterocycles. The minimum atomic E-state index is -0.131. The summed E-state index contributed by atoms with van der Waals surface area (Å²) in [6, 6.07) is 9.96. The summed E-state index contributed by atoms with van der Waals surface area (Å²) in [6.07, 6.45) is 0. The number of piperazine rings is 1. The highest BCUT2D eigenvalue weighted by atomic mass is 16.1. The van der Waals surface area contributed by atoms with Crippen LogP contribution in [0.4, 0.5) is 5.69 Å². The van der Waals surface area contributed by atoms with Crippen LogP contribution >= 0.6 is 0 Å². The number of carbonyl (C=O) groups excluding carboxylic acids is 1. The summed E-state index contributed by atoms with van der Waals surface area (Å²) in [5, 5.41) is 8.31. The van der Waals surface area contributed by atoms with Gasteiger partial charge >= 0.3 is 0 Å². The van der Waals surface area contributed by atoms with Crippen molar-refractivity contribution in [2.45, 2.75) is 20.4 Å². The van der Waals surface area contributed by atoms with Gasteiger partial charge in [-0.15, -0.1) is 0 Å². The number of pyridine rings is 1. The predicted octanol–water partition coefficient (Wildman–Crippen LogP) is 2.58. The minimum absolute atomic E-state index is 0.131. The molecule has 1 saturated heterocycles. The highest BCUT2D eigenvalue weighted by Crippen LogP contribution is 2.23. The topological polar surface area (TPSA) is 66.3 Å². The van der Waals surface area contributed by atoms with Crippen LogP contribution in [0.3, 0.4) is 0 Å². The van der Waals surface area contributed by atoms with E-state index in [0.29, 0.717) is 5.56 Å². The van der Waals surface area contributed by atoms with Crippen LogP contribution in [-0.2, 0) is 13.6 Å². The highest BCUT2D eigenvalue weighted by Gasteiger charge is 2.18. The third-order valence-electron chi connectivity index (χ3n) is 5.53. The Bertz CT molecular complexity index is 1050. The van der Waals surface area contributed by atoms with Crippen molar-refractivity contribution in [1.82, 2.24) is 24.6 Å². The van der Waals surface area contributed by atoms with E-state index >= 15 is 0 Å². The van der Waals surface area contributed by atoms with Gasteiger partial charge in [0.05, 0.1) is 16.6 Å². The van der Waals surface area contributed by atoms with E-state index in [2.05, 4.69) is 44.4 Å². The first-order chi connectivity index (χ1) is 13.9. The molecular weight excluding hydrogens is 364 g/mol. The maximum Gasteiger partial charge on any atom is 0.256 e. The summed E-state index contributed by atoms with van der Waals surface area (Å²) in [4.78, 5) is 22.4. The highest BCUT2D eigenvalue weighted by molar-refractivity contribution is 6.12. The fourth-order valence-corrected chi connectivity index (χ4v) is 3.96. The molecule has 29 heavy (non-hydrogen) atoms. The van der Waals surface area contributed by atoms with E-state index in [-0.39, 0.29) is 5.91 Å². The average molecular weight is 393 g/mol. The van der Waals surface area contributed by atoms with Gasteiger partial charge in [-0.2, -0.15) is 5.10 Å². The number of carbonyl (C=O) groups is 1. The van der Waals surface area contributed by atoms with Crippen molar-refractivity contribution >= 4 is 22.6 Å². The quantitative estimate of drug-likeness (QED) is 0.739. The van der Waals surface area contributed by atoms with Crippen LogP contribution in [0.5, 0.6) is 0 Å². The van der Waals surface area contributed by atoms with Crippen LogP contribution in [0.25, 0.3) is 11.0 Å². The summed E-state index contributed by atoms with van der Waals surface area (Å²) >= 11 is 0. The Morgan fingerprint density at radius 2 is 1.86 bits per heavy atom. The molecule has 0 radical (unpaired) electrons. The van der Waals surface area contributed by atoms with Crippen molar-refractivity contribution in [2.24, 2.45) is 7.05 Å². The van der Waals surface area contributed by atoms with Crippen LogP contribution in [-0.4, -0.2) is 63.7 Å². The Balaban J connectivity index is 1.54. The lowest BCUT2D eigenvalue weighted by Crippen LogP contribution is -2.43. The number of aromatic nitrogens is 3. The maximum absolute atomic E-state index is 13.1. The molecule has 0 aliphatic carbocycles. The number of nitrogens with zero attached hydrogens (tertiary/aromatic N) is 5. The van der Waals surface area contributed by atoms with Crippen LogP contribution < -0.4 is 5.32 Å². The summed E-state index contributed by atoms with van der Waals surface area (Å²) in [6.45, 7) is 9.04. The lowest BCUT2D eigenvalue weighted by Gasteiger charge is -2.32. The first kappa shape index (κ1) is 19.5. The van der Waals surface area contributed by atoms with E-state index in [9.17, 15) is 4.79 Å². The Hall–Kier alpha value is -2.77. The number of aryl methyl sites for hydroxylation is 3. The standard InChI is InChI=1S/C22H28N6O/c1-15-12-19(20-16(2)25-27(4)21(20)23-15)22(29)24-18-7-5-6-17(13-18)14-28-10-8-26(3)9-11-28/h5-7,12-13H,8-11,14H2,1-4H3,(H,24,29). The second kappa shape index (κ2) is 7.93. The van der Waals surface area contributed by atoms with Gasteiger partial charge in [-0.05, 0) is 44.7 Å². The van der Waals surface area contributed by atoms with Gasteiger partial charge in [-0.1, -0.05) is 12.1 Å². The number of amides is 1. The molecule has 2 aromatic heterocycles. The smallest absolute Gasteiger partial charge is 0.256 e. The molecule has 0 saturated carbocycles. The van der Waals surface area contributed by atoms with E-state index in [1.54, 1.807) is 4.68 Å². The third kappa shape index (κ3) is 4.16. The molecule has 3 aromatic rings. The lowest BCUT2D eigenvalue weighted by molar-refractivity contribution is 0.102. The number of hydrogen-bond acceptors (Lipinski definition) is 5. The monoisotopic (exact) mass is 392 g/mol. The van der Waals surface area contributed by atoms with E-state index in [0.717, 1.165) is 60.8 Å². The zero-order valence-electron chi connectivity index (χ0n) is 17.6. The van der Waals surface area contributed by atoms with Gasteiger partial charge in [0.2, 0.25) is 0 Å². The number of benzene rings is 1.